The third-order valence-corrected chi connectivity index (χ3v) is 2.75. The lowest BCUT2D eigenvalue weighted by atomic mass is 9.74. The number of ether oxygens (including phenoxy) is 2. The third-order valence-electron chi connectivity index (χ3n) is 2.75. The molecule has 4 nitrogen and oxygen atoms in total. The molecule has 0 aliphatic heterocycles. The van der Waals surface area contributed by atoms with Gasteiger partial charge in [-0.2, -0.15) is 0 Å². The fourth-order valence-electron chi connectivity index (χ4n) is 1.73. The van der Waals surface area contributed by atoms with E-state index < -0.39 is 11.1 Å². The number of likely N-dealkylation sites (N-methyl/N-ethyl adjacent to an activating group) is 1. The van der Waals surface area contributed by atoms with Crippen molar-refractivity contribution in [3.63, 3.8) is 0 Å². The highest BCUT2D eigenvalue weighted by molar-refractivity contribution is 5.82. The van der Waals surface area contributed by atoms with Crippen LogP contribution in [0.25, 0.3) is 0 Å². The normalized spacial score (nSPS) is 30.9. The standard InChI is InChI=1S/C11H21NO3/c1-10(2,3)15-9(13)11(12-4)6-8(7-11)14-5/h8,12H,6-7H2,1-5H3. The van der Waals surface area contributed by atoms with Crippen molar-refractivity contribution in [2.24, 2.45) is 0 Å². The van der Waals surface area contributed by atoms with E-state index in [4.69, 9.17) is 9.47 Å². The highest BCUT2D eigenvalue weighted by Crippen LogP contribution is 2.36. The minimum Gasteiger partial charge on any atom is -0.459 e. The summed E-state index contributed by atoms with van der Waals surface area (Å²) in [6, 6.07) is 0. The van der Waals surface area contributed by atoms with E-state index >= 15 is 0 Å². The summed E-state index contributed by atoms with van der Waals surface area (Å²) in [5.41, 5.74) is -0.965. The first-order valence-electron chi connectivity index (χ1n) is 5.28. The summed E-state index contributed by atoms with van der Waals surface area (Å²) in [6.45, 7) is 5.63. The summed E-state index contributed by atoms with van der Waals surface area (Å²) in [5, 5.41) is 3.05. The molecule has 0 aromatic rings. The summed E-state index contributed by atoms with van der Waals surface area (Å²) >= 11 is 0. The van der Waals surface area contributed by atoms with Crippen LogP contribution in [-0.4, -0.2) is 37.4 Å². The van der Waals surface area contributed by atoms with Crippen LogP contribution in [0.3, 0.4) is 0 Å². The molecule has 88 valence electrons. The fourth-order valence-corrected chi connectivity index (χ4v) is 1.73. The summed E-state index contributed by atoms with van der Waals surface area (Å²) < 4.78 is 10.5. The molecule has 0 spiro atoms. The van der Waals surface area contributed by atoms with Crippen molar-refractivity contribution in [1.29, 1.82) is 0 Å². The van der Waals surface area contributed by atoms with Gasteiger partial charge in [0.2, 0.25) is 0 Å². The average molecular weight is 215 g/mol. The highest BCUT2D eigenvalue weighted by Gasteiger charge is 2.51. The van der Waals surface area contributed by atoms with Gasteiger partial charge in [-0.15, -0.1) is 0 Å². The zero-order valence-electron chi connectivity index (χ0n) is 10.2. The van der Waals surface area contributed by atoms with Crippen LogP contribution in [0, 0.1) is 0 Å². The van der Waals surface area contributed by atoms with Crippen molar-refractivity contribution < 1.29 is 14.3 Å². The Labute approximate surface area is 91.3 Å². The predicted octanol–water partition coefficient (Wildman–Crippen LogP) is 1.10. The Hall–Kier alpha value is -0.610. The van der Waals surface area contributed by atoms with E-state index in [1.165, 1.54) is 0 Å². The van der Waals surface area contributed by atoms with Crippen molar-refractivity contribution in [2.75, 3.05) is 14.2 Å². The number of nitrogens with one attached hydrogen (secondary N) is 1. The van der Waals surface area contributed by atoms with Crippen LogP contribution in [-0.2, 0) is 14.3 Å². The first kappa shape index (κ1) is 12.5. The van der Waals surface area contributed by atoms with Crippen LogP contribution in [0.15, 0.2) is 0 Å². The van der Waals surface area contributed by atoms with Gasteiger partial charge in [0.05, 0.1) is 6.10 Å². The second-order valence-electron chi connectivity index (χ2n) is 5.10. The number of methoxy groups -OCH3 is 1. The molecule has 1 fully saturated rings. The Balaban J connectivity index is 2.58. The SMILES string of the molecule is CNC1(C(=O)OC(C)(C)C)CC(OC)C1. The summed E-state index contributed by atoms with van der Waals surface area (Å²) in [4.78, 5) is 11.9. The molecule has 0 aromatic carbocycles. The largest absolute Gasteiger partial charge is 0.459 e. The Morgan fingerprint density at radius 1 is 1.40 bits per heavy atom. The number of carbonyl (C=O) groups is 1. The molecule has 0 heterocycles. The van der Waals surface area contributed by atoms with Crippen LogP contribution < -0.4 is 5.32 Å². The van der Waals surface area contributed by atoms with E-state index in [2.05, 4.69) is 5.32 Å². The van der Waals surface area contributed by atoms with E-state index in [9.17, 15) is 4.79 Å². The predicted molar refractivity (Wildman–Crippen MR) is 57.7 cm³/mol. The molecular formula is C11H21NO3. The molecule has 0 bridgehead atoms. The number of hydrogen-bond donors (Lipinski definition) is 1. The van der Waals surface area contributed by atoms with Crippen molar-refractivity contribution >= 4 is 5.97 Å². The second kappa shape index (κ2) is 4.10. The monoisotopic (exact) mass is 215 g/mol. The van der Waals surface area contributed by atoms with Gasteiger partial charge in [0, 0.05) is 20.0 Å². The molecule has 0 atom stereocenters. The molecule has 1 aliphatic carbocycles. The maximum absolute atomic E-state index is 11.9. The van der Waals surface area contributed by atoms with Gasteiger partial charge in [-0.3, -0.25) is 4.79 Å². The first-order valence-corrected chi connectivity index (χ1v) is 5.28. The van der Waals surface area contributed by atoms with Crippen LogP contribution >= 0.6 is 0 Å². The minimum absolute atomic E-state index is 0.171. The first-order chi connectivity index (χ1) is 6.83. The van der Waals surface area contributed by atoms with Gasteiger partial charge in [0.25, 0.3) is 0 Å². The van der Waals surface area contributed by atoms with Crippen molar-refractivity contribution in [1.82, 2.24) is 5.32 Å². The van der Waals surface area contributed by atoms with Crippen LogP contribution in [0.1, 0.15) is 33.6 Å². The molecule has 0 aromatic heterocycles. The molecule has 1 N–H and O–H groups in total. The van der Waals surface area contributed by atoms with Gasteiger partial charge in [-0.1, -0.05) is 0 Å². The molecule has 1 rings (SSSR count). The fraction of sp³-hybridized carbons (Fsp3) is 0.909. The zero-order chi connectivity index (χ0) is 11.7. The summed E-state index contributed by atoms with van der Waals surface area (Å²) in [6.07, 6.45) is 1.55. The molecule has 1 aliphatic rings. The Morgan fingerprint density at radius 3 is 2.27 bits per heavy atom. The second-order valence-corrected chi connectivity index (χ2v) is 5.10. The van der Waals surface area contributed by atoms with Gasteiger partial charge >= 0.3 is 5.97 Å². The topological polar surface area (TPSA) is 47.6 Å². The Kier molecular flexibility index (Phi) is 3.41. The lowest BCUT2D eigenvalue weighted by molar-refractivity contribution is -0.173. The molecule has 1 saturated carbocycles. The molecule has 4 heteroatoms. The maximum atomic E-state index is 11.9. The minimum atomic E-state index is -0.534. The van der Waals surface area contributed by atoms with Crippen molar-refractivity contribution in [3.8, 4) is 0 Å². The molecular weight excluding hydrogens is 194 g/mol. The number of esters is 1. The Morgan fingerprint density at radius 2 is 1.93 bits per heavy atom. The average Bonchev–Trinajstić information content (AvgIpc) is 2.00. The molecule has 0 radical (unpaired) electrons. The molecule has 0 saturated heterocycles. The zero-order valence-corrected chi connectivity index (χ0v) is 10.2. The lowest BCUT2D eigenvalue weighted by Gasteiger charge is -2.45. The van der Waals surface area contributed by atoms with Crippen LogP contribution in [0.2, 0.25) is 0 Å². The van der Waals surface area contributed by atoms with E-state index in [-0.39, 0.29) is 12.1 Å². The van der Waals surface area contributed by atoms with Gasteiger partial charge < -0.3 is 14.8 Å². The maximum Gasteiger partial charge on any atom is 0.327 e. The van der Waals surface area contributed by atoms with E-state index in [1.54, 1.807) is 14.2 Å². The van der Waals surface area contributed by atoms with Gasteiger partial charge in [0.1, 0.15) is 11.1 Å². The number of hydrogen-bond acceptors (Lipinski definition) is 4. The van der Waals surface area contributed by atoms with Gasteiger partial charge in [-0.25, -0.2) is 0 Å². The third kappa shape index (κ3) is 2.69. The van der Waals surface area contributed by atoms with E-state index in [0.29, 0.717) is 12.8 Å². The van der Waals surface area contributed by atoms with E-state index in [1.807, 2.05) is 20.8 Å². The molecule has 0 unspecified atom stereocenters. The number of rotatable bonds is 3. The van der Waals surface area contributed by atoms with Gasteiger partial charge in [-0.05, 0) is 27.8 Å². The summed E-state index contributed by atoms with van der Waals surface area (Å²) in [5.74, 6) is -0.175. The number of carbonyl (C=O) groups excluding carboxylic acids is 1. The lowest BCUT2D eigenvalue weighted by Crippen LogP contribution is -2.63. The van der Waals surface area contributed by atoms with Crippen molar-refractivity contribution in [3.05, 3.63) is 0 Å². The van der Waals surface area contributed by atoms with Crippen LogP contribution in [0.4, 0.5) is 0 Å². The smallest absolute Gasteiger partial charge is 0.327 e. The Bertz CT molecular complexity index is 239. The van der Waals surface area contributed by atoms with E-state index in [0.717, 1.165) is 0 Å². The molecule has 0 amide bonds. The van der Waals surface area contributed by atoms with Crippen molar-refractivity contribution in [2.45, 2.75) is 50.9 Å². The highest BCUT2D eigenvalue weighted by atomic mass is 16.6. The van der Waals surface area contributed by atoms with Gasteiger partial charge in [0.15, 0.2) is 0 Å². The van der Waals surface area contributed by atoms with Crippen LogP contribution in [0.5, 0.6) is 0 Å². The quantitative estimate of drug-likeness (QED) is 0.716. The molecule has 15 heavy (non-hydrogen) atoms. The summed E-state index contributed by atoms with van der Waals surface area (Å²) in [7, 11) is 3.45.